The minimum atomic E-state index is 0.0534. The van der Waals surface area contributed by atoms with Crippen LogP contribution >= 0.6 is 0 Å². The second-order valence-corrected chi connectivity index (χ2v) is 10.1. The SMILES string of the molecule is CCN(CC)C(=O)c1ccc2c(c1)Oc1ccccc1N2C1C[C@H]2CC[C@@H](C1)N2Cc1ccccn1. The van der Waals surface area contributed by atoms with Crippen LogP contribution in [-0.4, -0.2) is 51.9 Å². The van der Waals surface area contributed by atoms with Crippen LogP contribution in [0.15, 0.2) is 66.9 Å². The molecule has 2 bridgehead atoms. The smallest absolute Gasteiger partial charge is 0.253 e. The fourth-order valence-corrected chi connectivity index (χ4v) is 6.40. The number of aromatic nitrogens is 1. The molecule has 0 radical (unpaired) electrons. The molecule has 2 fully saturated rings. The second kappa shape index (κ2) is 9.58. The van der Waals surface area contributed by atoms with Gasteiger partial charge in [-0.05, 0) is 82.0 Å². The average molecular weight is 483 g/mol. The van der Waals surface area contributed by atoms with Crippen molar-refractivity contribution >= 4 is 17.3 Å². The quantitative estimate of drug-likeness (QED) is 0.431. The van der Waals surface area contributed by atoms with Gasteiger partial charge in [-0.1, -0.05) is 18.2 Å². The predicted molar refractivity (Wildman–Crippen MR) is 142 cm³/mol. The van der Waals surface area contributed by atoms with Gasteiger partial charge < -0.3 is 14.5 Å². The van der Waals surface area contributed by atoms with Gasteiger partial charge in [-0.2, -0.15) is 0 Å². The molecular weight excluding hydrogens is 448 g/mol. The molecule has 0 aliphatic carbocycles. The van der Waals surface area contributed by atoms with Crippen molar-refractivity contribution in [3.8, 4) is 11.5 Å². The molecule has 36 heavy (non-hydrogen) atoms. The zero-order valence-corrected chi connectivity index (χ0v) is 21.1. The molecule has 2 saturated heterocycles. The number of carbonyl (C=O) groups excluding carboxylic acids is 1. The normalized spacial score (nSPS) is 22.5. The number of hydrogen-bond acceptors (Lipinski definition) is 5. The van der Waals surface area contributed by atoms with Gasteiger partial charge in [-0.15, -0.1) is 0 Å². The summed E-state index contributed by atoms with van der Waals surface area (Å²) < 4.78 is 6.37. The Balaban J connectivity index is 1.31. The third kappa shape index (κ3) is 4.03. The molecule has 0 saturated carbocycles. The molecule has 0 N–H and O–H groups in total. The van der Waals surface area contributed by atoms with Crippen molar-refractivity contribution < 1.29 is 9.53 Å². The molecule has 6 rings (SSSR count). The summed E-state index contributed by atoms with van der Waals surface area (Å²) in [4.78, 5) is 24.7. The van der Waals surface area contributed by atoms with Crippen LogP contribution in [0.1, 0.15) is 55.6 Å². The molecule has 2 aromatic carbocycles. The highest BCUT2D eigenvalue weighted by Gasteiger charge is 2.44. The van der Waals surface area contributed by atoms with Crippen molar-refractivity contribution in [3.05, 3.63) is 78.1 Å². The Morgan fingerprint density at radius 2 is 1.64 bits per heavy atom. The van der Waals surface area contributed by atoms with Gasteiger partial charge in [-0.3, -0.25) is 14.7 Å². The molecule has 4 heterocycles. The molecule has 3 aromatic rings. The molecule has 3 atom stereocenters. The van der Waals surface area contributed by atoms with Crippen molar-refractivity contribution in [1.82, 2.24) is 14.8 Å². The molecule has 6 heteroatoms. The van der Waals surface area contributed by atoms with E-state index in [1.807, 2.05) is 55.3 Å². The van der Waals surface area contributed by atoms with Gasteiger partial charge in [-0.25, -0.2) is 0 Å². The Bertz CT molecular complexity index is 1230. The highest BCUT2D eigenvalue weighted by atomic mass is 16.5. The summed E-state index contributed by atoms with van der Waals surface area (Å²) >= 11 is 0. The average Bonchev–Trinajstić information content (AvgIpc) is 3.14. The van der Waals surface area contributed by atoms with Crippen molar-refractivity contribution in [2.24, 2.45) is 0 Å². The highest BCUT2D eigenvalue weighted by Crippen LogP contribution is 2.51. The fourth-order valence-electron chi connectivity index (χ4n) is 6.40. The molecule has 1 amide bonds. The van der Waals surface area contributed by atoms with Crippen molar-refractivity contribution in [3.63, 3.8) is 0 Å². The number of amides is 1. The Hall–Kier alpha value is -3.38. The van der Waals surface area contributed by atoms with Crippen molar-refractivity contribution in [2.75, 3.05) is 18.0 Å². The number of nitrogens with zero attached hydrogens (tertiary/aromatic N) is 4. The number of carbonyl (C=O) groups is 1. The molecular formula is C30H34N4O2. The van der Waals surface area contributed by atoms with Gasteiger partial charge in [0.25, 0.3) is 5.91 Å². The highest BCUT2D eigenvalue weighted by molar-refractivity contribution is 5.96. The maximum atomic E-state index is 13.0. The Morgan fingerprint density at radius 3 is 2.36 bits per heavy atom. The van der Waals surface area contributed by atoms with Crippen LogP contribution in [-0.2, 0) is 6.54 Å². The van der Waals surface area contributed by atoms with E-state index in [0.717, 1.165) is 48.0 Å². The number of benzene rings is 2. The number of piperidine rings is 1. The number of anilines is 2. The molecule has 1 unspecified atom stereocenters. The minimum absolute atomic E-state index is 0.0534. The number of hydrogen-bond donors (Lipinski definition) is 0. The van der Waals surface area contributed by atoms with Crippen LogP contribution in [0.5, 0.6) is 11.5 Å². The lowest BCUT2D eigenvalue weighted by Gasteiger charge is -2.46. The van der Waals surface area contributed by atoms with Crippen LogP contribution in [0.3, 0.4) is 0 Å². The topological polar surface area (TPSA) is 48.9 Å². The summed E-state index contributed by atoms with van der Waals surface area (Å²) in [5, 5.41) is 0. The number of para-hydroxylation sites is 2. The van der Waals surface area contributed by atoms with Gasteiger partial charge in [0, 0.05) is 49.5 Å². The molecule has 1 aromatic heterocycles. The van der Waals surface area contributed by atoms with E-state index in [4.69, 9.17) is 4.74 Å². The maximum Gasteiger partial charge on any atom is 0.253 e. The van der Waals surface area contributed by atoms with Gasteiger partial charge in [0.2, 0.25) is 0 Å². The lowest BCUT2D eigenvalue weighted by atomic mass is 9.93. The molecule has 0 spiro atoms. The number of pyridine rings is 1. The third-order valence-electron chi connectivity index (χ3n) is 8.16. The van der Waals surface area contributed by atoms with E-state index in [-0.39, 0.29) is 5.91 Å². The van der Waals surface area contributed by atoms with E-state index >= 15 is 0 Å². The maximum absolute atomic E-state index is 13.0. The lowest BCUT2D eigenvalue weighted by molar-refractivity contribution is 0.0772. The summed E-state index contributed by atoms with van der Waals surface area (Å²) in [6.45, 7) is 6.35. The van der Waals surface area contributed by atoms with E-state index in [1.165, 1.54) is 12.8 Å². The molecule has 6 nitrogen and oxygen atoms in total. The van der Waals surface area contributed by atoms with Gasteiger partial charge >= 0.3 is 0 Å². The van der Waals surface area contributed by atoms with Crippen LogP contribution in [0.25, 0.3) is 0 Å². The first-order valence-corrected chi connectivity index (χ1v) is 13.3. The van der Waals surface area contributed by atoms with E-state index in [9.17, 15) is 4.79 Å². The molecule has 3 aliphatic rings. The zero-order chi connectivity index (χ0) is 24.6. The van der Waals surface area contributed by atoms with Crippen molar-refractivity contribution in [1.29, 1.82) is 0 Å². The summed E-state index contributed by atoms with van der Waals surface area (Å²) in [5.74, 6) is 1.69. The van der Waals surface area contributed by atoms with E-state index in [2.05, 4.69) is 45.1 Å². The van der Waals surface area contributed by atoms with Crippen LogP contribution in [0.2, 0.25) is 0 Å². The first kappa shape index (κ1) is 23.0. The summed E-state index contributed by atoms with van der Waals surface area (Å²) in [5.41, 5.74) is 4.02. The fraction of sp³-hybridized carbons (Fsp3) is 0.400. The van der Waals surface area contributed by atoms with Crippen molar-refractivity contribution in [2.45, 2.75) is 64.2 Å². The first-order valence-electron chi connectivity index (χ1n) is 13.3. The van der Waals surface area contributed by atoms with Crippen LogP contribution in [0, 0.1) is 0 Å². The Labute approximate surface area is 213 Å². The first-order chi connectivity index (χ1) is 17.7. The third-order valence-corrected chi connectivity index (χ3v) is 8.16. The summed E-state index contributed by atoms with van der Waals surface area (Å²) in [6.07, 6.45) is 6.59. The number of ether oxygens (including phenoxy) is 1. The second-order valence-electron chi connectivity index (χ2n) is 10.1. The monoisotopic (exact) mass is 482 g/mol. The summed E-state index contributed by atoms with van der Waals surface area (Å²) in [6, 6.07) is 22.0. The Morgan fingerprint density at radius 1 is 0.917 bits per heavy atom. The van der Waals surface area contributed by atoms with Gasteiger partial charge in [0.1, 0.15) is 0 Å². The van der Waals surface area contributed by atoms with Crippen LogP contribution < -0.4 is 9.64 Å². The molecule has 186 valence electrons. The van der Waals surface area contributed by atoms with Crippen LogP contribution in [0.4, 0.5) is 11.4 Å². The summed E-state index contributed by atoms with van der Waals surface area (Å²) in [7, 11) is 0. The van der Waals surface area contributed by atoms with Gasteiger partial charge in [0.15, 0.2) is 11.5 Å². The van der Waals surface area contributed by atoms with Gasteiger partial charge in [0.05, 0.1) is 17.1 Å². The number of fused-ring (bicyclic) bond motifs is 4. The van der Waals surface area contributed by atoms with E-state index in [1.54, 1.807) is 0 Å². The zero-order valence-electron chi connectivity index (χ0n) is 21.1. The largest absolute Gasteiger partial charge is 0.453 e. The van der Waals surface area contributed by atoms with E-state index < -0.39 is 0 Å². The minimum Gasteiger partial charge on any atom is -0.453 e. The van der Waals surface area contributed by atoms with E-state index in [0.29, 0.717) is 36.8 Å². The molecule has 3 aliphatic heterocycles. The Kier molecular flexibility index (Phi) is 6.13. The lowest BCUT2D eigenvalue weighted by Crippen LogP contribution is -2.49. The standard InChI is InChI=1S/C30H34N4O2/c1-3-32(4-2)30(35)21-12-15-27-29(17-21)36-28-11-6-5-10-26(28)34(27)25-18-23-13-14-24(19-25)33(23)20-22-9-7-8-16-31-22/h5-12,15-17,23-25H,3-4,13-14,18-20H2,1-2H3/t23-,24+,25?. The predicted octanol–water partition coefficient (Wildman–Crippen LogP) is 6.00. The number of rotatable bonds is 6.